The number of nitrogens with one attached hydrogen (secondary N) is 5. The number of carbonyl (C=O) groups excluding carboxylic acids is 9. The van der Waals surface area contributed by atoms with Gasteiger partial charge in [-0.2, -0.15) is 0 Å². The predicted octanol–water partition coefficient (Wildman–Crippen LogP) is 2.05. The molecule has 2 aliphatic rings. The zero-order valence-electron chi connectivity index (χ0n) is 40.0. The van der Waals surface area contributed by atoms with E-state index >= 15 is 0 Å². The lowest BCUT2D eigenvalue weighted by Gasteiger charge is -2.31. The first kappa shape index (κ1) is 54.0. The molecule has 8 N–H and O–H groups in total. The minimum Gasteiger partial charge on any atom is -0.508 e. The third-order valence-electron chi connectivity index (χ3n) is 11.2. The Kier molecular flexibility index (Phi) is 19.9. The van der Waals surface area contributed by atoms with Gasteiger partial charge in [0, 0.05) is 32.2 Å². The van der Waals surface area contributed by atoms with Gasteiger partial charge in [-0.25, -0.2) is 9.59 Å². The van der Waals surface area contributed by atoms with Crippen molar-refractivity contribution in [3.05, 3.63) is 65.7 Å². The number of nitrogens with zero attached hydrogens (tertiary/aromatic N) is 2. The number of alkyl carbamates (subject to hydrolysis) is 1. The number of rotatable bonds is 22. The van der Waals surface area contributed by atoms with Crippen molar-refractivity contribution in [3.8, 4) is 5.75 Å². The average Bonchev–Trinajstić information content (AvgIpc) is 3.89. The van der Waals surface area contributed by atoms with Gasteiger partial charge in [-0.1, -0.05) is 70.2 Å². The number of imide groups is 1. The Labute approximate surface area is 397 Å². The van der Waals surface area contributed by atoms with E-state index in [9.17, 15) is 48.3 Å². The molecule has 2 aromatic carbocycles. The Hall–Kier alpha value is -6.57. The standard InChI is InChI=1S/C48H68N8O12/c1-28(2)25-34(42(61)52-36(27-30-13-9-8-10-14-30)45(64)55-24-12-16-37(55)46(65)68-56-38(58)21-22-39(56)59)51-41(60)33(15-11-23-49)50-44(63)40(29(3)4)54-43(62)35(53-47(66)67-48(5,6)7)26-31-17-19-32(57)20-18-31/h8-10,13-14,17-20,28-29,33-37,40,57H,11-12,15-16,21-27,49H2,1-7H3,(H,50,63)(H,51,60)(H,52,61)(H,53,66)(H,54,62)/t33-,34-,35+,36+,37-,40-/m0/s1. The van der Waals surface area contributed by atoms with Crippen molar-refractivity contribution in [2.45, 2.75) is 148 Å². The molecule has 2 aliphatic heterocycles. The molecular formula is C48H68N8O12. The number of phenolic OH excluding ortho intramolecular Hbond substituents is 1. The van der Waals surface area contributed by atoms with E-state index in [1.165, 1.54) is 17.0 Å². The van der Waals surface area contributed by atoms with E-state index in [2.05, 4.69) is 26.6 Å². The number of hydrogen-bond donors (Lipinski definition) is 7. The third kappa shape index (κ3) is 16.3. The molecule has 0 saturated carbocycles. The molecule has 2 heterocycles. The fraction of sp³-hybridized carbons (Fsp3) is 0.562. The second-order valence-corrected chi connectivity index (χ2v) is 18.9. The first-order chi connectivity index (χ1) is 32.1. The number of amides is 8. The van der Waals surface area contributed by atoms with Gasteiger partial charge in [-0.05, 0) is 94.5 Å². The summed E-state index contributed by atoms with van der Waals surface area (Å²) in [7, 11) is 0. The number of hydroxylamine groups is 2. The monoisotopic (exact) mass is 948 g/mol. The molecule has 2 saturated heterocycles. The van der Waals surface area contributed by atoms with Crippen molar-refractivity contribution in [2.75, 3.05) is 13.1 Å². The van der Waals surface area contributed by atoms with Crippen LogP contribution in [0, 0.1) is 11.8 Å². The van der Waals surface area contributed by atoms with E-state index in [1.54, 1.807) is 77.1 Å². The van der Waals surface area contributed by atoms with Gasteiger partial charge >= 0.3 is 12.1 Å². The van der Waals surface area contributed by atoms with E-state index in [4.69, 9.17) is 15.3 Å². The molecule has 6 atom stereocenters. The summed E-state index contributed by atoms with van der Waals surface area (Å²) in [4.78, 5) is 128. The predicted molar refractivity (Wildman–Crippen MR) is 247 cm³/mol. The summed E-state index contributed by atoms with van der Waals surface area (Å²) in [5, 5.41) is 23.8. The lowest BCUT2D eigenvalue weighted by atomic mass is 9.99. The highest BCUT2D eigenvalue weighted by molar-refractivity contribution is 6.02. The van der Waals surface area contributed by atoms with Crippen LogP contribution in [0.4, 0.5) is 4.79 Å². The van der Waals surface area contributed by atoms with Crippen LogP contribution in [0.2, 0.25) is 0 Å². The third-order valence-corrected chi connectivity index (χ3v) is 11.2. The second kappa shape index (κ2) is 25.0. The van der Waals surface area contributed by atoms with Crippen molar-refractivity contribution in [3.63, 3.8) is 0 Å². The van der Waals surface area contributed by atoms with Crippen molar-refractivity contribution >= 4 is 53.4 Å². The smallest absolute Gasteiger partial charge is 0.408 e. The molecule has 2 aromatic rings. The highest BCUT2D eigenvalue weighted by Gasteiger charge is 2.43. The summed E-state index contributed by atoms with van der Waals surface area (Å²) in [6.45, 7) is 12.3. The number of carbonyl (C=O) groups is 9. The van der Waals surface area contributed by atoms with Gasteiger partial charge in [0.15, 0.2) is 0 Å². The number of nitrogens with two attached hydrogens (primary N) is 1. The van der Waals surface area contributed by atoms with Crippen molar-refractivity contribution < 1.29 is 57.8 Å². The molecule has 68 heavy (non-hydrogen) atoms. The molecule has 372 valence electrons. The molecule has 20 heteroatoms. The Morgan fingerprint density at radius 1 is 0.735 bits per heavy atom. The normalized spacial score (nSPS) is 17.2. The number of phenols is 1. The van der Waals surface area contributed by atoms with Gasteiger partial charge in [-0.3, -0.25) is 33.6 Å². The van der Waals surface area contributed by atoms with Gasteiger partial charge in [0.25, 0.3) is 11.8 Å². The number of hydrogen-bond acceptors (Lipinski definition) is 13. The lowest BCUT2D eigenvalue weighted by molar-refractivity contribution is -0.200. The molecule has 8 amide bonds. The first-order valence-electron chi connectivity index (χ1n) is 23.2. The van der Waals surface area contributed by atoms with Crippen LogP contribution in [0.1, 0.15) is 105 Å². The molecule has 20 nitrogen and oxygen atoms in total. The fourth-order valence-electron chi connectivity index (χ4n) is 7.75. The van der Waals surface area contributed by atoms with Gasteiger partial charge in [0.2, 0.25) is 29.5 Å². The van der Waals surface area contributed by atoms with E-state index in [0.29, 0.717) is 29.0 Å². The molecule has 2 fully saturated rings. The molecule has 0 spiro atoms. The van der Waals surface area contributed by atoms with Crippen LogP contribution in [-0.4, -0.2) is 123 Å². The molecular weight excluding hydrogens is 881 g/mol. The van der Waals surface area contributed by atoms with Crippen molar-refractivity contribution in [1.82, 2.24) is 36.5 Å². The zero-order valence-corrected chi connectivity index (χ0v) is 40.0. The van der Waals surface area contributed by atoms with Crippen LogP contribution < -0.4 is 32.3 Å². The average molecular weight is 949 g/mol. The topological polar surface area (TPSA) is 285 Å². The fourth-order valence-corrected chi connectivity index (χ4v) is 7.75. The summed E-state index contributed by atoms with van der Waals surface area (Å²) < 4.78 is 5.40. The number of aromatic hydroxyl groups is 1. The van der Waals surface area contributed by atoms with Gasteiger partial charge in [-0.15, -0.1) is 5.06 Å². The van der Waals surface area contributed by atoms with E-state index < -0.39 is 101 Å². The van der Waals surface area contributed by atoms with E-state index in [-0.39, 0.29) is 69.7 Å². The van der Waals surface area contributed by atoms with Crippen molar-refractivity contribution in [2.24, 2.45) is 17.6 Å². The quantitative estimate of drug-likeness (QED) is 0.0834. The maximum Gasteiger partial charge on any atom is 0.408 e. The summed E-state index contributed by atoms with van der Waals surface area (Å²) in [5.41, 5.74) is 6.24. The second-order valence-electron chi connectivity index (χ2n) is 18.9. The molecule has 0 bridgehead atoms. The number of likely N-dealkylation sites (tertiary alicyclic amines) is 1. The number of ether oxygens (including phenoxy) is 1. The van der Waals surface area contributed by atoms with Crippen LogP contribution in [-0.2, 0) is 60.8 Å². The van der Waals surface area contributed by atoms with Crippen LogP contribution in [0.15, 0.2) is 54.6 Å². The van der Waals surface area contributed by atoms with Crippen LogP contribution in [0.3, 0.4) is 0 Å². The van der Waals surface area contributed by atoms with Crippen LogP contribution in [0.25, 0.3) is 0 Å². The first-order valence-corrected chi connectivity index (χ1v) is 23.2. The molecule has 4 rings (SSSR count). The van der Waals surface area contributed by atoms with Crippen LogP contribution in [0.5, 0.6) is 5.75 Å². The Bertz CT molecular complexity index is 2090. The van der Waals surface area contributed by atoms with Gasteiger partial charge in [0.1, 0.15) is 47.6 Å². The highest BCUT2D eigenvalue weighted by atomic mass is 16.7. The Balaban J connectivity index is 1.53. The molecule has 0 unspecified atom stereocenters. The molecule has 0 aromatic heterocycles. The van der Waals surface area contributed by atoms with Crippen LogP contribution >= 0.6 is 0 Å². The largest absolute Gasteiger partial charge is 0.508 e. The van der Waals surface area contributed by atoms with Gasteiger partial charge < -0.3 is 51.9 Å². The highest BCUT2D eigenvalue weighted by Crippen LogP contribution is 2.23. The SMILES string of the molecule is CC(C)C[C@H](NC(=O)[C@H](CCCN)NC(=O)[C@@H](NC(=O)[C@@H](Cc1ccc(O)cc1)NC(=O)OC(C)(C)C)C(C)C)C(=O)N[C@H](Cc1ccccc1)C(=O)N1CCC[C@H]1C(=O)ON1C(=O)CCC1=O. The van der Waals surface area contributed by atoms with E-state index in [1.807, 2.05) is 13.8 Å². The molecule has 0 aliphatic carbocycles. The minimum atomic E-state index is -1.23. The minimum absolute atomic E-state index is 0.00398. The summed E-state index contributed by atoms with van der Waals surface area (Å²) in [5.74, 6) is -6.43. The zero-order chi connectivity index (χ0) is 50.3. The van der Waals surface area contributed by atoms with E-state index in [0.717, 1.165) is 0 Å². The maximum atomic E-state index is 14.4. The lowest BCUT2D eigenvalue weighted by Crippen LogP contribution is -2.60. The molecule has 0 radical (unpaired) electrons. The van der Waals surface area contributed by atoms with Crippen molar-refractivity contribution in [1.29, 1.82) is 0 Å². The number of benzene rings is 2. The Morgan fingerprint density at radius 3 is 1.88 bits per heavy atom. The maximum absolute atomic E-state index is 14.4. The summed E-state index contributed by atoms with van der Waals surface area (Å²) in [6.07, 6.45) is -0.0110. The summed E-state index contributed by atoms with van der Waals surface area (Å²) in [6, 6.07) is 7.66. The Morgan fingerprint density at radius 2 is 1.29 bits per heavy atom. The summed E-state index contributed by atoms with van der Waals surface area (Å²) >= 11 is 0. The van der Waals surface area contributed by atoms with Gasteiger partial charge in [0.05, 0.1) is 0 Å².